The number of non-ortho nitro benzene ring substituents is 1. The van der Waals surface area contributed by atoms with Gasteiger partial charge in [0.2, 0.25) is 0 Å². The zero-order valence-electron chi connectivity index (χ0n) is 9.12. The zero-order valence-corrected chi connectivity index (χ0v) is 12.5. The predicted molar refractivity (Wildman–Crippen MR) is 69.1 cm³/mol. The third-order valence-corrected chi connectivity index (χ3v) is 8.82. The van der Waals surface area contributed by atoms with E-state index >= 15 is 0 Å². The van der Waals surface area contributed by atoms with Gasteiger partial charge >= 0.3 is 108 Å². The van der Waals surface area contributed by atoms with Crippen molar-refractivity contribution < 1.29 is 4.92 Å². The first-order chi connectivity index (χ1) is 7.67. The summed E-state index contributed by atoms with van der Waals surface area (Å²) in [7, 11) is 0. The van der Waals surface area contributed by atoms with Crippen LogP contribution in [-0.4, -0.2) is 34.8 Å². The summed E-state index contributed by atoms with van der Waals surface area (Å²) in [5, 5.41) is 10.5. The van der Waals surface area contributed by atoms with Gasteiger partial charge in [-0.3, -0.25) is 0 Å². The van der Waals surface area contributed by atoms with Crippen molar-refractivity contribution in [3.63, 3.8) is 0 Å². The molecule has 0 aliphatic rings. The van der Waals surface area contributed by atoms with Crippen LogP contribution in [0.1, 0.15) is 5.56 Å². The molecule has 0 aliphatic heterocycles. The van der Waals surface area contributed by atoms with Crippen LogP contribution >= 0.6 is 0 Å². The minimum absolute atomic E-state index is 0.146. The first kappa shape index (κ1) is 13.5. The minimum atomic E-state index is -0.374. The molecule has 0 heterocycles. The normalized spacial score (nSPS) is 11.2. The Bertz CT molecular complexity index is 372. The van der Waals surface area contributed by atoms with E-state index in [-0.39, 0.29) is 10.6 Å². The molecule has 0 fully saturated rings. The summed E-state index contributed by atoms with van der Waals surface area (Å²) in [5.41, 5.74) is 1.18. The number of nitro benzene ring substituents is 1. The molecule has 5 heteroatoms. The van der Waals surface area contributed by atoms with Gasteiger partial charge in [-0.15, -0.1) is 0 Å². The summed E-state index contributed by atoms with van der Waals surface area (Å²) in [4.78, 5) is 10.1. The van der Waals surface area contributed by atoms with E-state index in [1.54, 1.807) is 24.3 Å². The van der Waals surface area contributed by atoms with E-state index < -0.39 is 0 Å². The van der Waals surface area contributed by atoms with Crippen LogP contribution in [-0.2, 0) is 0 Å². The van der Waals surface area contributed by atoms with Crippen molar-refractivity contribution in [1.29, 1.82) is 0 Å². The van der Waals surface area contributed by atoms with Crippen LogP contribution in [0.15, 0.2) is 30.3 Å². The second-order valence-electron chi connectivity index (χ2n) is 3.05. The number of hydrogen-bond acceptors (Lipinski definition) is 2. The van der Waals surface area contributed by atoms with Crippen LogP contribution < -0.4 is 0 Å². The van der Waals surface area contributed by atoms with Gasteiger partial charge in [0.1, 0.15) is 0 Å². The molecular formula is C11H13NO2Se2. The molecule has 0 saturated carbocycles. The zero-order chi connectivity index (χ0) is 12.0. The molecule has 86 valence electrons. The van der Waals surface area contributed by atoms with Crippen molar-refractivity contribution in [1.82, 2.24) is 0 Å². The third kappa shape index (κ3) is 4.11. The predicted octanol–water partition coefficient (Wildman–Crippen LogP) is 2.86. The summed E-state index contributed by atoms with van der Waals surface area (Å²) >= 11 is 1.29. The van der Waals surface area contributed by atoms with Crippen molar-refractivity contribution in [2.75, 3.05) is 0 Å². The quantitative estimate of drug-likeness (QED) is 0.466. The second kappa shape index (κ2) is 6.87. The number of benzene rings is 1. The van der Waals surface area contributed by atoms with Gasteiger partial charge in [-0.05, 0) is 0 Å². The Morgan fingerprint density at radius 2 is 1.81 bits per heavy atom. The SMILES string of the molecule is C[Se]C(/C=C/c1ccc([N+](=O)[O-])cc1)[Se]C. The molecule has 0 aliphatic carbocycles. The van der Waals surface area contributed by atoms with Gasteiger partial charge in [-0.25, -0.2) is 0 Å². The maximum atomic E-state index is 10.5. The van der Waals surface area contributed by atoms with E-state index in [1.807, 2.05) is 0 Å². The molecule has 1 rings (SSSR count). The summed E-state index contributed by atoms with van der Waals surface area (Å²) in [6.45, 7) is 0. The number of nitro groups is 1. The fourth-order valence-corrected chi connectivity index (χ4v) is 4.64. The molecule has 0 aromatic heterocycles. The van der Waals surface area contributed by atoms with E-state index in [0.717, 1.165) is 9.28 Å². The van der Waals surface area contributed by atoms with Crippen molar-refractivity contribution in [3.8, 4) is 0 Å². The van der Waals surface area contributed by atoms with Crippen LogP contribution in [0.25, 0.3) is 6.08 Å². The fourth-order valence-electron chi connectivity index (χ4n) is 1.15. The molecule has 0 N–H and O–H groups in total. The summed E-state index contributed by atoms with van der Waals surface area (Å²) in [5.74, 6) is 4.48. The Hall–Kier alpha value is -0.601. The summed E-state index contributed by atoms with van der Waals surface area (Å²) in [6.07, 6.45) is 4.28. The molecule has 0 atom stereocenters. The maximum absolute atomic E-state index is 10.5. The fraction of sp³-hybridized carbons (Fsp3) is 0.273. The third-order valence-electron chi connectivity index (χ3n) is 2.01. The van der Waals surface area contributed by atoms with Crippen molar-refractivity contribution >= 4 is 41.7 Å². The topological polar surface area (TPSA) is 43.1 Å². The average Bonchev–Trinajstić information content (AvgIpc) is 2.31. The Kier molecular flexibility index (Phi) is 5.78. The van der Waals surface area contributed by atoms with Crippen LogP contribution in [0.5, 0.6) is 0 Å². The van der Waals surface area contributed by atoms with Gasteiger partial charge in [-0.1, -0.05) is 0 Å². The van der Waals surface area contributed by atoms with Crippen molar-refractivity contribution in [3.05, 3.63) is 46.0 Å². The Morgan fingerprint density at radius 3 is 2.25 bits per heavy atom. The summed E-state index contributed by atoms with van der Waals surface area (Å²) in [6, 6.07) is 6.67. The van der Waals surface area contributed by atoms with Crippen LogP contribution in [0.3, 0.4) is 0 Å². The molecular weight excluding hydrogens is 336 g/mol. The Labute approximate surface area is 108 Å². The number of nitrogens with zero attached hydrogens (tertiary/aromatic N) is 1. The molecule has 0 bridgehead atoms. The standard InChI is InChI=1S/C11H13NO2Se2/c1-15-11(16-2)8-5-9-3-6-10(7-4-9)12(13)14/h3-8,11H,1-2H3/b8-5+. The van der Waals surface area contributed by atoms with E-state index in [2.05, 4.69) is 23.8 Å². The average molecular weight is 349 g/mol. The molecule has 1 aromatic rings. The molecule has 3 nitrogen and oxygen atoms in total. The van der Waals surface area contributed by atoms with Gasteiger partial charge in [0.05, 0.1) is 0 Å². The molecule has 0 amide bonds. The molecule has 1 aromatic carbocycles. The van der Waals surface area contributed by atoms with Gasteiger partial charge < -0.3 is 0 Å². The van der Waals surface area contributed by atoms with Gasteiger partial charge in [0, 0.05) is 0 Å². The molecule has 0 spiro atoms. The number of hydrogen-bond donors (Lipinski definition) is 0. The second-order valence-corrected chi connectivity index (χ2v) is 8.67. The monoisotopic (exact) mass is 351 g/mol. The molecule has 0 unspecified atom stereocenters. The van der Waals surface area contributed by atoms with Crippen LogP contribution in [0.4, 0.5) is 5.69 Å². The molecule has 0 saturated heterocycles. The van der Waals surface area contributed by atoms with Gasteiger partial charge in [0.25, 0.3) is 0 Å². The molecule has 0 radical (unpaired) electrons. The number of allylic oxidation sites excluding steroid dienone is 1. The van der Waals surface area contributed by atoms with Gasteiger partial charge in [0.15, 0.2) is 0 Å². The van der Waals surface area contributed by atoms with E-state index in [1.165, 1.54) is 0 Å². The Balaban J connectivity index is 2.71. The summed E-state index contributed by atoms with van der Waals surface area (Å²) < 4.78 is 0.718. The first-order valence-electron chi connectivity index (χ1n) is 4.65. The van der Waals surface area contributed by atoms with Gasteiger partial charge in [-0.2, -0.15) is 0 Å². The number of rotatable bonds is 5. The van der Waals surface area contributed by atoms with Crippen LogP contribution in [0, 0.1) is 10.1 Å². The van der Waals surface area contributed by atoms with Crippen molar-refractivity contribution in [2.45, 2.75) is 15.4 Å². The first-order valence-corrected chi connectivity index (χ1v) is 10.1. The molecule has 16 heavy (non-hydrogen) atoms. The van der Waals surface area contributed by atoms with Crippen molar-refractivity contribution in [2.24, 2.45) is 0 Å². The Morgan fingerprint density at radius 1 is 1.25 bits per heavy atom. The van der Waals surface area contributed by atoms with E-state index in [9.17, 15) is 10.1 Å². The van der Waals surface area contributed by atoms with E-state index in [4.69, 9.17) is 0 Å². The van der Waals surface area contributed by atoms with Crippen LogP contribution in [0.2, 0.25) is 15.4 Å². The van der Waals surface area contributed by atoms with E-state index in [0.29, 0.717) is 29.9 Å².